The summed E-state index contributed by atoms with van der Waals surface area (Å²) in [7, 11) is 0. The molecule has 0 atom stereocenters. The molecule has 1 N–H and O–H groups in total. The Kier molecular flexibility index (Phi) is 4.93. The zero-order chi connectivity index (χ0) is 19.7. The van der Waals surface area contributed by atoms with Crippen LogP contribution in [0.5, 0.6) is 0 Å². The molecule has 0 aliphatic carbocycles. The van der Waals surface area contributed by atoms with Gasteiger partial charge in [-0.05, 0) is 30.3 Å². The van der Waals surface area contributed by atoms with Crippen LogP contribution in [0.4, 0.5) is 16.2 Å². The second-order valence-electron chi connectivity index (χ2n) is 5.37. The number of carbonyl (C=O) groups is 3. The predicted octanol–water partition coefficient (Wildman–Crippen LogP) is 3.57. The Hall–Kier alpha value is -3.23. The summed E-state index contributed by atoms with van der Waals surface area (Å²) in [6, 6.07) is 8.43. The molecule has 0 saturated carbocycles. The molecular weight excluding hydrogens is 397 g/mol. The van der Waals surface area contributed by atoms with Gasteiger partial charge in [-0.15, -0.1) is 0 Å². The fraction of sp³-hybridized carbons (Fsp3) is 0. The zero-order valence-corrected chi connectivity index (χ0v) is 14.8. The molecule has 2 aromatic carbocycles. The number of imide groups is 2. The van der Waals surface area contributed by atoms with E-state index in [1.165, 1.54) is 30.3 Å². The lowest BCUT2D eigenvalue weighted by Crippen LogP contribution is -2.54. The number of non-ortho nitro benzene ring substituents is 1. The Morgan fingerprint density at radius 3 is 2.15 bits per heavy atom. The van der Waals surface area contributed by atoms with Crippen molar-refractivity contribution >= 4 is 58.5 Å². The molecule has 1 aliphatic heterocycles. The smallest absolute Gasteiger partial charge is 0.273 e. The predicted molar refractivity (Wildman–Crippen MR) is 98.6 cm³/mol. The Balaban J connectivity index is 2.04. The lowest BCUT2D eigenvalue weighted by molar-refractivity contribution is -0.384. The highest BCUT2D eigenvalue weighted by molar-refractivity contribution is 6.41. The van der Waals surface area contributed by atoms with Gasteiger partial charge in [0.25, 0.3) is 17.5 Å². The monoisotopic (exact) mass is 405 g/mol. The number of urea groups is 1. The van der Waals surface area contributed by atoms with Crippen molar-refractivity contribution in [3.05, 3.63) is 73.8 Å². The van der Waals surface area contributed by atoms with E-state index in [9.17, 15) is 24.5 Å². The Labute approximate surface area is 162 Å². The molecule has 1 fully saturated rings. The summed E-state index contributed by atoms with van der Waals surface area (Å²) in [5.74, 6) is -1.81. The molecule has 136 valence electrons. The van der Waals surface area contributed by atoms with Crippen LogP contribution >= 0.6 is 23.2 Å². The third kappa shape index (κ3) is 3.53. The molecule has 0 radical (unpaired) electrons. The lowest BCUT2D eigenvalue weighted by Gasteiger charge is -2.26. The molecule has 1 saturated heterocycles. The number of benzene rings is 2. The van der Waals surface area contributed by atoms with Gasteiger partial charge in [0, 0.05) is 27.7 Å². The van der Waals surface area contributed by atoms with Gasteiger partial charge in [0.05, 0.1) is 10.6 Å². The second kappa shape index (κ2) is 7.18. The third-order valence-corrected chi connectivity index (χ3v) is 4.37. The highest BCUT2D eigenvalue weighted by Gasteiger charge is 2.37. The van der Waals surface area contributed by atoms with Gasteiger partial charge >= 0.3 is 6.03 Å². The minimum absolute atomic E-state index is 0.0618. The molecule has 3 rings (SSSR count). The first-order valence-corrected chi connectivity index (χ1v) is 8.15. The Morgan fingerprint density at radius 2 is 1.59 bits per heavy atom. The molecule has 27 heavy (non-hydrogen) atoms. The SMILES string of the molecule is O=C1NC(=O)N(c2ccc([N+](=O)[O-])cc2)C(=O)/C1=C/c1c(Cl)cccc1Cl. The van der Waals surface area contributed by atoms with Crippen molar-refractivity contribution in [2.45, 2.75) is 0 Å². The number of nitrogens with one attached hydrogen (secondary N) is 1. The van der Waals surface area contributed by atoms with Gasteiger partial charge < -0.3 is 0 Å². The Morgan fingerprint density at radius 1 is 1.00 bits per heavy atom. The van der Waals surface area contributed by atoms with E-state index in [-0.39, 0.29) is 32.6 Å². The normalized spacial score (nSPS) is 15.9. The highest BCUT2D eigenvalue weighted by atomic mass is 35.5. The standard InChI is InChI=1S/C17H9Cl2N3O5/c18-13-2-1-3-14(19)11(13)8-12-15(23)20-17(25)21(16(12)24)9-4-6-10(7-5-9)22(26)27/h1-8H,(H,20,23,25)/b12-8+. The lowest BCUT2D eigenvalue weighted by atomic mass is 10.1. The van der Waals surface area contributed by atoms with Crippen LogP contribution in [0.2, 0.25) is 10.0 Å². The van der Waals surface area contributed by atoms with Crippen LogP contribution < -0.4 is 10.2 Å². The third-order valence-electron chi connectivity index (χ3n) is 3.71. The van der Waals surface area contributed by atoms with Crippen molar-refractivity contribution < 1.29 is 19.3 Å². The summed E-state index contributed by atoms with van der Waals surface area (Å²) in [6.45, 7) is 0. The van der Waals surface area contributed by atoms with Crippen molar-refractivity contribution in [1.82, 2.24) is 5.32 Å². The van der Waals surface area contributed by atoms with E-state index in [0.29, 0.717) is 4.90 Å². The molecular formula is C17H9Cl2N3O5. The summed E-state index contributed by atoms with van der Waals surface area (Å²) in [6.07, 6.45) is 1.19. The van der Waals surface area contributed by atoms with Gasteiger partial charge in [-0.25, -0.2) is 9.69 Å². The van der Waals surface area contributed by atoms with Gasteiger partial charge in [0.1, 0.15) is 5.57 Å². The van der Waals surface area contributed by atoms with Crippen LogP contribution in [-0.4, -0.2) is 22.8 Å². The van der Waals surface area contributed by atoms with Gasteiger partial charge in [-0.3, -0.25) is 25.0 Å². The van der Waals surface area contributed by atoms with Crippen LogP contribution in [0.3, 0.4) is 0 Å². The first kappa shape index (κ1) is 18.6. The summed E-state index contributed by atoms with van der Waals surface area (Å²) in [5.41, 5.74) is -0.259. The zero-order valence-electron chi connectivity index (χ0n) is 13.3. The van der Waals surface area contributed by atoms with Crippen molar-refractivity contribution in [1.29, 1.82) is 0 Å². The maximum absolute atomic E-state index is 12.7. The first-order valence-electron chi connectivity index (χ1n) is 7.39. The van der Waals surface area contributed by atoms with Gasteiger partial charge in [0.15, 0.2) is 0 Å². The van der Waals surface area contributed by atoms with Crippen molar-refractivity contribution in [2.75, 3.05) is 4.90 Å². The number of rotatable bonds is 3. The maximum atomic E-state index is 12.7. The van der Waals surface area contributed by atoms with E-state index in [1.807, 2.05) is 5.32 Å². The van der Waals surface area contributed by atoms with Crippen LogP contribution in [-0.2, 0) is 9.59 Å². The molecule has 10 heteroatoms. The van der Waals surface area contributed by atoms with Crippen LogP contribution in [0.25, 0.3) is 6.08 Å². The molecule has 4 amide bonds. The number of hydrogen-bond donors (Lipinski definition) is 1. The summed E-state index contributed by atoms with van der Waals surface area (Å²) >= 11 is 12.1. The van der Waals surface area contributed by atoms with Crippen molar-refractivity contribution in [3.63, 3.8) is 0 Å². The average Bonchev–Trinajstić information content (AvgIpc) is 2.61. The molecule has 0 aromatic heterocycles. The van der Waals surface area contributed by atoms with E-state index >= 15 is 0 Å². The minimum atomic E-state index is -0.971. The molecule has 0 spiro atoms. The number of amides is 4. The van der Waals surface area contributed by atoms with Crippen LogP contribution in [0, 0.1) is 10.1 Å². The number of nitrogens with zero attached hydrogens (tertiary/aromatic N) is 2. The fourth-order valence-electron chi connectivity index (χ4n) is 2.41. The summed E-state index contributed by atoms with van der Waals surface area (Å²) in [5, 5.41) is 13.2. The summed E-state index contributed by atoms with van der Waals surface area (Å²) in [4.78, 5) is 47.8. The number of nitro groups is 1. The van der Waals surface area contributed by atoms with Gasteiger partial charge in [-0.2, -0.15) is 0 Å². The number of barbiturate groups is 1. The minimum Gasteiger partial charge on any atom is -0.273 e. The fourth-order valence-corrected chi connectivity index (χ4v) is 2.91. The van der Waals surface area contributed by atoms with E-state index < -0.39 is 22.8 Å². The molecule has 0 bridgehead atoms. The average molecular weight is 406 g/mol. The van der Waals surface area contributed by atoms with E-state index in [0.717, 1.165) is 12.1 Å². The van der Waals surface area contributed by atoms with Gasteiger partial charge in [-0.1, -0.05) is 29.3 Å². The van der Waals surface area contributed by atoms with Crippen LogP contribution in [0.15, 0.2) is 48.0 Å². The molecule has 1 aliphatic rings. The largest absolute Gasteiger partial charge is 0.335 e. The van der Waals surface area contributed by atoms with Crippen LogP contribution in [0.1, 0.15) is 5.56 Å². The Bertz CT molecular complexity index is 997. The van der Waals surface area contributed by atoms with Crippen molar-refractivity contribution in [3.8, 4) is 0 Å². The quantitative estimate of drug-likeness (QED) is 0.363. The van der Waals surface area contributed by atoms with E-state index in [2.05, 4.69) is 0 Å². The number of halogens is 2. The number of anilines is 1. The first-order chi connectivity index (χ1) is 12.8. The molecule has 1 heterocycles. The number of carbonyl (C=O) groups excluding carboxylic acids is 3. The number of nitro benzene ring substituents is 1. The van der Waals surface area contributed by atoms with Crippen molar-refractivity contribution in [2.24, 2.45) is 0 Å². The van der Waals surface area contributed by atoms with E-state index in [1.54, 1.807) is 6.07 Å². The molecule has 8 nitrogen and oxygen atoms in total. The van der Waals surface area contributed by atoms with E-state index in [4.69, 9.17) is 23.2 Å². The maximum Gasteiger partial charge on any atom is 0.335 e. The topological polar surface area (TPSA) is 110 Å². The molecule has 2 aromatic rings. The summed E-state index contributed by atoms with van der Waals surface area (Å²) < 4.78 is 0. The van der Waals surface area contributed by atoms with Gasteiger partial charge in [0.2, 0.25) is 0 Å². The number of hydrogen-bond acceptors (Lipinski definition) is 5. The second-order valence-corrected chi connectivity index (χ2v) is 6.18. The molecule has 0 unspecified atom stereocenters. The highest BCUT2D eigenvalue weighted by Crippen LogP contribution is 2.29.